The van der Waals surface area contributed by atoms with Gasteiger partial charge in [-0.1, -0.05) is 35.3 Å². The van der Waals surface area contributed by atoms with Gasteiger partial charge < -0.3 is 10.4 Å². The first-order valence-corrected chi connectivity index (χ1v) is 6.33. The number of phenolic OH excluding ortho intramolecular Hbond substituents is 1. The van der Waals surface area contributed by atoms with Gasteiger partial charge in [-0.3, -0.25) is 4.79 Å². The van der Waals surface area contributed by atoms with Crippen LogP contribution >= 0.6 is 23.2 Å². The Kier molecular flexibility index (Phi) is 4.30. The maximum atomic E-state index is 11.9. The fourth-order valence-corrected chi connectivity index (χ4v) is 2.00. The summed E-state index contributed by atoms with van der Waals surface area (Å²) in [7, 11) is 0. The number of phenols is 1. The van der Waals surface area contributed by atoms with E-state index in [4.69, 9.17) is 23.2 Å². The molecule has 1 amide bonds. The van der Waals surface area contributed by atoms with Crippen LogP contribution in [-0.4, -0.2) is 11.0 Å². The molecule has 0 radical (unpaired) electrons. The summed E-state index contributed by atoms with van der Waals surface area (Å²) in [5, 5.41) is 13.3. The van der Waals surface area contributed by atoms with Crippen molar-refractivity contribution < 1.29 is 9.90 Å². The molecular weight excluding hydrogens is 285 g/mol. The Morgan fingerprint density at radius 2 is 1.84 bits per heavy atom. The lowest BCUT2D eigenvalue weighted by Crippen LogP contribution is -2.22. The first-order chi connectivity index (χ1) is 9.06. The van der Waals surface area contributed by atoms with Gasteiger partial charge in [0.15, 0.2) is 0 Å². The fraction of sp³-hybridized carbons (Fsp3) is 0.0714. The largest absolute Gasteiger partial charge is 0.507 e. The molecule has 2 N–H and O–H groups in total. The molecule has 0 heterocycles. The molecule has 0 saturated carbocycles. The molecule has 2 rings (SSSR count). The van der Waals surface area contributed by atoms with Crippen molar-refractivity contribution in [2.24, 2.45) is 0 Å². The van der Waals surface area contributed by atoms with Gasteiger partial charge in [0.1, 0.15) is 5.75 Å². The summed E-state index contributed by atoms with van der Waals surface area (Å²) in [4.78, 5) is 11.9. The molecule has 0 atom stereocenters. The number of carbonyl (C=O) groups excluding carboxylic acids is 1. The molecule has 0 fully saturated rings. The molecule has 2 aromatic rings. The zero-order valence-corrected chi connectivity index (χ0v) is 11.4. The molecule has 0 aliphatic rings. The highest BCUT2D eigenvalue weighted by atomic mass is 35.5. The minimum absolute atomic E-state index is 0.143. The number of benzene rings is 2. The van der Waals surface area contributed by atoms with E-state index >= 15 is 0 Å². The summed E-state index contributed by atoms with van der Waals surface area (Å²) in [6.07, 6.45) is 0. The smallest absolute Gasteiger partial charge is 0.255 e. The molecule has 2 aromatic carbocycles. The molecule has 0 aromatic heterocycles. The molecule has 3 nitrogen and oxygen atoms in total. The van der Waals surface area contributed by atoms with Gasteiger partial charge >= 0.3 is 0 Å². The Balaban J connectivity index is 2.05. The molecule has 0 saturated heterocycles. The van der Waals surface area contributed by atoms with Gasteiger partial charge in [0.05, 0.1) is 5.56 Å². The van der Waals surface area contributed by atoms with E-state index in [0.717, 1.165) is 5.56 Å². The van der Waals surface area contributed by atoms with E-state index in [1.54, 1.807) is 18.2 Å². The van der Waals surface area contributed by atoms with Crippen molar-refractivity contribution in [1.82, 2.24) is 5.32 Å². The summed E-state index contributed by atoms with van der Waals surface area (Å²) in [5.74, 6) is -0.509. The number of amides is 1. The predicted octanol–water partition coefficient (Wildman–Crippen LogP) is 3.63. The number of hydrogen-bond acceptors (Lipinski definition) is 2. The van der Waals surface area contributed by atoms with Crippen molar-refractivity contribution in [3.05, 3.63) is 63.6 Å². The molecule has 0 bridgehead atoms. The maximum absolute atomic E-state index is 11.9. The number of carbonyl (C=O) groups is 1. The average molecular weight is 296 g/mol. The number of hydrogen-bond donors (Lipinski definition) is 2. The minimum Gasteiger partial charge on any atom is -0.507 e. The molecule has 0 aliphatic carbocycles. The van der Waals surface area contributed by atoms with E-state index in [1.165, 1.54) is 12.1 Å². The van der Waals surface area contributed by atoms with Crippen LogP contribution in [0.3, 0.4) is 0 Å². The Hall–Kier alpha value is -1.71. The summed E-state index contributed by atoms with van der Waals surface area (Å²) < 4.78 is 0. The summed E-state index contributed by atoms with van der Waals surface area (Å²) in [5.41, 5.74) is 1.07. The Morgan fingerprint density at radius 3 is 2.53 bits per heavy atom. The van der Waals surface area contributed by atoms with E-state index in [2.05, 4.69) is 5.32 Å². The van der Waals surface area contributed by atoms with Gasteiger partial charge in [0.25, 0.3) is 5.91 Å². The second-order valence-electron chi connectivity index (χ2n) is 3.97. The minimum atomic E-state index is -0.367. The highest BCUT2D eigenvalue weighted by Crippen LogP contribution is 2.21. The number of rotatable bonds is 3. The van der Waals surface area contributed by atoms with Crippen LogP contribution in [0.1, 0.15) is 15.9 Å². The highest BCUT2D eigenvalue weighted by molar-refractivity contribution is 6.31. The van der Waals surface area contributed by atoms with Gasteiger partial charge in [-0.25, -0.2) is 0 Å². The van der Waals surface area contributed by atoms with Crippen LogP contribution in [0.5, 0.6) is 5.75 Å². The van der Waals surface area contributed by atoms with Gasteiger partial charge in [0.2, 0.25) is 0 Å². The van der Waals surface area contributed by atoms with Crippen molar-refractivity contribution in [2.45, 2.75) is 6.54 Å². The van der Waals surface area contributed by atoms with E-state index in [-0.39, 0.29) is 17.2 Å². The van der Waals surface area contributed by atoms with E-state index in [9.17, 15) is 9.90 Å². The van der Waals surface area contributed by atoms with Gasteiger partial charge in [0, 0.05) is 16.6 Å². The monoisotopic (exact) mass is 295 g/mol. The fourth-order valence-electron chi connectivity index (χ4n) is 1.62. The van der Waals surface area contributed by atoms with Crippen molar-refractivity contribution in [2.75, 3.05) is 0 Å². The lowest BCUT2D eigenvalue weighted by Gasteiger charge is -2.07. The number of nitrogens with one attached hydrogen (secondary N) is 1. The quantitative estimate of drug-likeness (QED) is 0.908. The lowest BCUT2D eigenvalue weighted by molar-refractivity contribution is 0.0948. The molecule has 0 spiro atoms. The van der Waals surface area contributed by atoms with E-state index in [0.29, 0.717) is 16.6 Å². The van der Waals surface area contributed by atoms with E-state index in [1.807, 2.05) is 12.1 Å². The third-order valence-electron chi connectivity index (χ3n) is 2.55. The normalized spacial score (nSPS) is 10.2. The zero-order valence-electron chi connectivity index (χ0n) is 9.86. The number of aromatic hydroxyl groups is 1. The van der Waals surface area contributed by atoms with Gasteiger partial charge in [-0.05, 0) is 35.9 Å². The van der Waals surface area contributed by atoms with E-state index < -0.39 is 0 Å². The first-order valence-electron chi connectivity index (χ1n) is 5.57. The summed E-state index contributed by atoms with van der Waals surface area (Å²) >= 11 is 11.6. The van der Waals surface area contributed by atoms with Crippen LogP contribution < -0.4 is 5.32 Å². The summed E-state index contributed by atoms with van der Waals surface area (Å²) in [6.45, 7) is 0.335. The van der Waals surface area contributed by atoms with Crippen LogP contribution in [0.15, 0.2) is 42.5 Å². The second-order valence-corrected chi connectivity index (χ2v) is 4.85. The Labute approximate surface area is 120 Å². The van der Waals surface area contributed by atoms with Crippen LogP contribution in [0.25, 0.3) is 0 Å². The molecule has 0 unspecified atom stereocenters. The highest BCUT2D eigenvalue weighted by Gasteiger charge is 2.10. The van der Waals surface area contributed by atoms with Crippen LogP contribution in [-0.2, 0) is 6.54 Å². The molecule has 0 aliphatic heterocycles. The van der Waals surface area contributed by atoms with Crippen molar-refractivity contribution in [3.63, 3.8) is 0 Å². The average Bonchev–Trinajstić information content (AvgIpc) is 2.36. The van der Waals surface area contributed by atoms with Crippen LogP contribution in [0.4, 0.5) is 0 Å². The molecule has 5 heteroatoms. The second kappa shape index (κ2) is 5.95. The van der Waals surface area contributed by atoms with Crippen molar-refractivity contribution >= 4 is 29.1 Å². The SMILES string of the molecule is O=C(NCc1cccc(Cl)c1)c1ccc(Cl)cc1O. The standard InChI is InChI=1S/C14H11Cl2NO2/c15-10-3-1-2-9(6-10)8-17-14(19)12-5-4-11(16)7-13(12)18/h1-7,18H,8H2,(H,17,19). The third-order valence-corrected chi connectivity index (χ3v) is 3.02. The summed E-state index contributed by atoms with van der Waals surface area (Å²) in [6, 6.07) is 11.6. The third kappa shape index (κ3) is 3.63. The van der Waals surface area contributed by atoms with Crippen molar-refractivity contribution in [1.29, 1.82) is 0 Å². The first kappa shape index (κ1) is 13.7. The Morgan fingerprint density at radius 1 is 1.11 bits per heavy atom. The van der Waals surface area contributed by atoms with Crippen LogP contribution in [0, 0.1) is 0 Å². The molecule has 19 heavy (non-hydrogen) atoms. The topological polar surface area (TPSA) is 49.3 Å². The van der Waals surface area contributed by atoms with Crippen molar-refractivity contribution in [3.8, 4) is 5.75 Å². The zero-order chi connectivity index (χ0) is 13.8. The predicted molar refractivity (Wildman–Crippen MR) is 75.7 cm³/mol. The van der Waals surface area contributed by atoms with Crippen LogP contribution in [0.2, 0.25) is 10.0 Å². The molecule has 98 valence electrons. The number of halogens is 2. The maximum Gasteiger partial charge on any atom is 0.255 e. The molecular formula is C14H11Cl2NO2. The Bertz CT molecular complexity index is 614. The lowest BCUT2D eigenvalue weighted by atomic mass is 10.1. The van der Waals surface area contributed by atoms with Gasteiger partial charge in [-0.15, -0.1) is 0 Å². The van der Waals surface area contributed by atoms with Gasteiger partial charge in [-0.2, -0.15) is 0 Å².